The molecule has 0 saturated carbocycles. The number of benzene rings is 2. The molecule has 0 atom stereocenters. The standard InChI is InChI=1S/C8H7NO.C7H5NO/c1-10-8-4-2-7(6-9)3-5-8;8-5-6-1-3-7(9)4-2-6/h2-5H,1H3;1-4,9H. The van der Waals surface area contributed by atoms with Gasteiger partial charge in [-0.25, -0.2) is 0 Å². The minimum absolute atomic E-state index is 0.189. The molecule has 4 heteroatoms. The molecule has 0 aliphatic heterocycles. The number of rotatable bonds is 1. The van der Waals surface area contributed by atoms with Crippen LogP contribution >= 0.6 is 0 Å². The van der Waals surface area contributed by atoms with Gasteiger partial charge in [0, 0.05) is 0 Å². The van der Waals surface area contributed by atoms with Crippen molar-refractivity contribution in [2.24, 2.45) is 0 Å². The van der Waals surface area contributed by atoms with Crippen LogP contribution in [-0.2, 0) is 0 Å². The van der Waals surface area contributed by atoms with Crippen LogP contribution in [0.25, 0.3) is 0 Å². The maximum atomic E-state index is 8.74. The van der Waals surface area contributed by atoms with Crippen molar-refractivity contribution in [2.45, 2.75) is 0 Å². The van der Waals surface area contributed by atoms with Gasteiger partial charge in [-0.3, -0.25) is 0 Å². The Bertz CT molecular complexity index is 590. The Hall–Kier alpha value is -2.98. The maximum absolute atomic E-state index is 8.74. The Balaban J connectivity index is 0.000000191. The third kappa shape index (κ3) is 4.80. The molecular formula is C15H12N2O2. The number of nitrogens with zero attached hydrogens (tertiary/aromatic N) is 2. The Morgan fingerprint density at radius 3 is 1.63 bits per heavy atom. The average Bonchev–Trinajstić information content (AvgIpc) is 2.49. The van der Waals surface area contributed by atoms with Crippen molar-refractivity contribution in [1.82, 2.24) is 0 Å². The topological polar surface area (TPSA) is 77.0 Å². The summed E-state index contributed by atoms with van der Waals surface area (Å²) in [5.41, 5.74) is 1.22. The van der Waals surface area contributed by atoms with Crippen LogP contribution in [0.2, 0.25) is 0 Å². The van der Waals surface area contributed by atoms with Crippen molar-refractivity contribution in [3.8, 4) is 23.6 Å². The largest absolute Gasteiger partial charge is 0.508 e. The number of phenolic OH excluding ortho intramolecular Hbond substituents is 1. The Labute approximate surface area is 111 Å². The lowest BCUT2D eigenvalue weighted by Crippen LogP contribution is -1.81. The monoisotopic (exact) mass is 252 g/mol. The van der Waals surface area contributed by atoms with E-state index in [1.165, 1.54) is 12.1 Å². The second-order valence-electron chi connectivity index (χ2n) is 3.50. The molecule has 0 aliphatic carbocycles. The van der Waals surface area contributed by atoms with Crippen LogP contribution in [0.3, 0.4) is 0 Å². The van der Waals surface area contributed by atoms with Gasteiger partial charge >= 0.3 is 0 Å². The summed E-state index contributed by atoms with van der Waals surface area (Å²) >= 11 is 0. The smallest absolute Gasteiger partial charge is 0.118 e. The van der Waals surface area contributed by atoms with Gasteiger partial charge in [0.25, 0.3) is 0 Å². The molecule has 2 rings (SSSR count). The van der Waals surface area contributed by atoms with Gasteiger partial charge in [-0.15, -0.1) is 0 Å². The van der Waals surface area contributed by atoms with E-state index in [1.54, 1.807) is 43.5 Å². The molecule has 0 amide bonds. The molecule has 94 valence electrons. The number of aromatic hydroxyl groups is 1. The summed E-state index contributed by atoms with van der Waals surface area (Å²) in [4.78, 5) is 0. The lowest BCUT2D eigenvalue weighted by molar-refractivity contribution is 0.415. The minimum Gasteiger partial charge on any atom is -0.508 e. The van der Waals surface area contributed by atoms with E-state index in [1.807, 2.05) is 12.1 Å². The summed E-state index contributed by atoms with van der Waals surface area (Å²) in [6.07, 6.45) is 0. The van der Waals surface area contributed by atoms with Crippen LogP contribution in [0.5, 0.6) is 11.5 Å². The van der Waals surface area contributed by atoms with Gasteiger partial charge in [-0.05, 0) is 48.5 Å². The molecule has 0 aliphatic rings. The molecular weight excluding hydrogens is 240 g/mol. The van der Waals surface area contributed by atoms with Gasteiger partial charge in [-0.2, -0.15) is 10.5 Å². The molecule has 0 radical (unpaired) electrons. The van der Waals surface area contributed by atoms with Crippen molar-refractivity contribution >= 4 is 0 Å². The first-order chi connectivity index (χ1) is 9.19. The van der Waals surface area contributed by atoms with Gasteiger partial charge in [0.1, 0.15) is 11.5 Å². The predicted molar refractivity (Wildman–Crippen MR) is 70.5 cm³/mol. The quantitative estimate of drug-likeness (QED) is 0.846. The van der Waals surface area contributed by atoms with Crippen molar-refractivity contribution in [3.05, 3.63) is 59.7 Å². The number of hydrogen-bond acceptors (Lipinski definition) is 4. The first kappa shape index (κ1) is 14.1. The van der Waals surface area contributed by atoms with E-state index in [-0.39, 0.29) is 5.75 Å². The molecule has 19 heavy (non-hydrogen) atoms. The molecule has 2 aromatic rings. The van der Waals surface area contributed by atoms with E-state index in [4.69, 9.17) is 20.4 Å². The summed E-state index contributed by atoms with van der Waals surface area (Å²) in [7, 11) is 1.60. The van der Waals surface area contributed by atoms with E-state index in [9.17, 15) is 0 Å². The first-order valence-electron chi connectivity index (χ1n) is 5.43. The molecule has 4 nitrogen and oxygen atoms in total. The fourth-order valence-electron chi connectivity index (χ4n) is 1.20. The van der Waals surface area contributed by atoms with Crippen molar-refractivity contribution in [3.63, 3.8) is 0 Å². The molecule has 0 fully saturated rings. The highest BCUT2D eigenvalue weighted by Gasteiger charge is 1.89. The number of methoxy groups -OCH3 is 1. The molecule has 0 heterocycles. The van der Waals surface area contributed by atoms with E-state index in [0.29, 0.717) is 11.1 Å². The normalized spacial score (nSPS) is 8.37. The van der Waals surface area contributed by atoms with Crippen LogP contribution in [-0.4, -0.2) is 12.2 Å². The fourth-order valence-corrected chi connectivity index (χ4v) is 1.20. The van der Waals surface area contributed by atoms with Gasteiger partial charge in [-0.1, -0.05) is 0 Å². The summed E-state index contributed by atoms with van der Waals surface area (Å²) in [5.74, 6) is 0.966. The Kier molecular flexibility index (Phi) is 5.46. The minimum atomic E-state index is 0.189. The second kappa shape index (κ2) is 7.37. The molecule has 0 saturated heterocycles. The molecule has 1 N–H and O–H groups in total. The zero-order valence-electron chi connectivity index (χ0n) is 10.4. The second-order valence-corrected chi connectivity index (χ2v) is 3.50. The van der Waals surface area contributed by atoms with E-state index >= 15 is 0 Å². The SMILES string of the molecule is COc1ccc(C#N)cc1.N#Cc1ccc(O)cc1. The van der Waals surface area contributed by atoms with Crippen molar-refractivity contribution < 1.29 is 9.84 Å². The Morgan fingerprint density at radius 2 is 1.26 bits per heavy atom. The van der Waals surface area contributed by atoms with Crippen LogP contribution < -0.4 is 4.74 Å². The van der Waals surface area contributed by atoms with Crippen LogP contribution in [0.15, 0.2) is 48.5 Å². The van der Waals surface area contributed by atoms with Gasteiger partial charge in [0.05, 0.1) is 30.4 Å². The highest BCUT2D eigenvalue weighted by Crippen LogP contribution is 2.09. The van der Waals surface area contributed by atoms with Crippen LogP contribution in [0.4, 0.5) is 0 Å². The summed E-state index contributed by atoms with van der Waals surface area (Å²) in [6.45, 7) is 0. The summed E-state index contributed by atoms with van der Waals surface area (Å²) in [6, 6.07) is 17.0. The number of phenols is 1. The van der Waals surface area contributed by atoms with Crippen LogP contribution in [0.1, 0.15) is 11.1 Å². The molecule has 0 bridgehead atoms. The lowest BCUT2D eigenvalue weighted by Gasteiger charge is -1.96. The highest BCUT2D eigenvalue weighted by atomic mass is 16.5. The van der Waals surface area contributed by atoms with Crippen molar-refractivity contribution in [1.29, 1.82) is 10.5 Å². The van der Waals surface area contributed by atoms with E-state index in [2.05, 4.69) is 0 Å². The molecule has 0 spiro atoms. The predicted octanol–water partition coefficient (Wildman–Crippen LogP) is 2.83. The lowest BCUT2D eigenvalue weighted by atomic mass is 10.2. The van der Waals surface area contributed by atoms with E-state index < -0.39 is 0 Å². The molecule has 0 aromatic heterocycles. The molecule has 0 unspecified atom stereocenters. The van der Waals surface area contributed by atoms with Crippen molar-refractivity contribution in [2.75, 3.05) is 7.11 Å². The van der Waals surface area contributed by atoms with Gasteiger partial charge in [0.2, 0.25) is 0 Å². The maximum Gasteiger partial charge on any atom is 0.118 e. The first-order valence-corrected chi connectivity index (χ1v) is 5.43. The number of hydrogen-bond donors (Lipinski definition) is 1. The highest BCUT2D eigenvalue weighted by molar-refractivity contribution is 5.34. The van der Waals surface area contributed by atoms with Gasteiger partial charge in [0.15, 0.2) is 0 Å². The number of nitriles is 2. The average molecular weight is 252 g/mol. The Morgan fingerprint density at radius 1 is 0.842 bits per heavy atom. The number of ether oxygens (including phenoxy) is 1. The van der Waals surface area contributed by atoms with E-state index in [0.717, 1.165) is 5.75 Å². The third-order valence-corrected chi connectivity index (χ3v) is 2.22. The zero-order valence-corrected chi connectivity index (χ0v) is 10.4. The summed E-state index contributed by atoms with van der Waals surface area (Å²) in [5, 5.41) is 25.5. The fraction of sp³-hybridized carbons (Fsp3) is 0.0667. The third-order valence-electron chi connectivity index (χ3n) is 2.22. The molecule has 2 aromatic carbocycles. The van der Waals surface area contributed by atoms with Gasteiger partial charge < -0.3 is 9.84 Å². The zero-order chi connectivity index (χ0) is 14.1. The summed E-state index contributed by atoms with van der Waals surface area (Å²) < 4.78 is 4.90. The van der Waals surface area contributed by atoms with Crippen LogP contribution in [0, 0.1) is 22.7 Å².